The fraction of sp³-hybridized carbons (Fsp3) is 0.733. The van der Waals surface area contributed by atoms with Crippen LogP contribution in [0, 0.1) is 17.8 Å². The smallest absolute Gasteiger partial charge is 0.307 e. The normalized spacial score (nSPS) is 29.4. The molecule has 2 rings (SSSR count). The number of allylic oxidation sites excluding steroid dienone is 2. The number of carboxylic acids is 1. The molecule has 1 aliphatic heterocycles. The number of carbonyl (C=O) groups excluding carboxylic acids is 1. The van der Waals surface area contributed by atoms with Crippen molar-refractivity contribution in [3.8, 4) is 0 Å². The van der Waals surface area contributed by atoms with Gasteiger partial charge in [0.15, 0.2) is 0 Å². The maximum Gasteiger partial charge on any atom is 0.307 e. The number of hydrogen-bond donors (Lipinski definition) is 1. The molecular formula is C15H23NO4. The third kappa shape index (κ3) is 3.39. The first-order chi connectivity index (χ1) is 9.63. The first-order valence-electron chi connectivity index (χ1n) is 7.37. The van der Waals surface area contributed by atoms with E-state index in [0.29, 0.717) is 38.5 Å². The molecule has 1 unspecified atom stereocenters. The molecule has 1 fully saturated rings. The molecule has 0 radical (unpaired) electrons. The molecule has 1 heterocycles. The Labute approximate surface area is 119 Å². The van der Waals surface area contributed by atoms with Crippen LogP contribution >= 0.6 is 0 Å². The lowest BCUT2D eigenvalue weighted by Crippen LogP contribution is -2.43. The standard InChI is InChI=1S/C15H23NO4/c1-2-16(9-11-7-8-20-10-11)14(17)12-5-3-4-6-13(12)15(18)19/h3-4,11-13H,2,5-10H2,1H3,(H,18,19)/t11?,12-,13+/m1/s1. The van der Waals surface area contributed by atoms with Crippen molar-refractivity contribution < 1.29 is 19.4 Å². The summed E-state index contributed by atoms with van der Waals surface area (Å²) in [5.41, 5.74) is 0. The summed E-state index contributed by atoms with van der Waals surface area (Å²) in [6.45, 7) is 4.73. The van der Waals surface area contributed by atoms with Crippen molar-refractivity contribution in [2.24, 2.45) is 17.8 Å². The zero-order chi connectivity index (χ0) is 14.5. The molecule has 0 aromatic rings. The fourth-order valence-electron chi connectivity index (χ4n) is 3.01. The molecule has 0 aromatic heterocycles. The highest BCUT2D eigenvalue weighted by Crippen LogP contribution is 2.28. The zero-order valence-corrected chi connectivity index (χ0v) is 12.0. The van der Waals surface area contributed by atoms with Gasteiger partial charge in [0.25, 0.3) is 0 Å². The molecule has 0 spiro atoms. The van der Waals surface area contributed by atoms with Gasteiger partial charge in [0.05, 0.1) is 18.4 Å². The van der Waals surface area contributed by atoms with Crippen molar-refractivity contribution in [3.63, 3.8) is 0 Å². The van der Waals surface area contributed by atoms with E-state index in [2.05, 4.69) is 0 Å². The molecule has 3 atom stereocenters. The van der Waals surface area contributed by atoms with Crippen molar-refractivity contribution in [1.29, 1.82) is 0 Å². The minimum atomic E-state index is -0.868. The molecule has 20 heavy (non-hydrogen) atoms. The highest BCUT2D eigenvalue weighted by molar-refractivity contribution is 5.85. The van der Waals surface area contributed by atoms with E-state index in [-0.39, 0.29) is 5.91 Å². The van der Waals surface area contributed by atoms with E-state index < -0.39 is 17.8 Å². The molecule has 0 aromatic carbocycles. The second kappa shape index (κ2) is 6.88. The van der Waals surface area contributed by atoms with Gasteiger partial charge in [-0.05, 0) is 26.2 Å². The van der Waals surface area contributed by atoms with E-state index in [9.17, 15) is 14.7 Å². The summed E-state index contributed by atoms with van der Waals surface area (Å²) >= 11 is 0. The summed E-state index contributed by atoms with van der Waals surface area (Å²) in [5.74, 6) is -1.49. The average Bonchev–Trinajstić information content (AvgIpc) is 2.97. The molecule has 0 bridgehead atoms. The number of hydrogen-bond acceptors (Lipinski definition) is 3. The Morgan fingerprint density at radius 3 is 2.55 bits per heavy atom. The van der Waals surface area contributed by atoms with Crippen LogP contribution < -0.4 is 0 Å². The van der Waals surface area contributed by atoms with Crippen LogP contribution in [0.15, 0.2) is 12.2 Å². The highest BCUT2D eigenvalue weighted by Gasteiger charge is 2.36. The topological polar surface area (TPSA) is 66.8 Å². The number of carbonyl (C=O) groups is 2. The second-order valence-corrected chi connectivity index (χ2v) is 5.60. The van der Waals surface area contributed by atoms with Crippen molar-refractivity contribution in [2.45, 2.75) is 26.2 Å². The second-order valence-electron chi connectivity index (χ2n) is 5.60. The number of aliphatic carboxylic acids is 1. The largest absolute Gasteiger partial charge is 0.481 e. The molecule has 5 heteroatoms. The van der Waals surface area contributed by atoms with E-state index >= 15 is 0 Å². The third-order valence-electron chi connectivity index (χ3n) is 4.26. The van der Waals surface area contributed by atoms with Crippen molar-refractivity contribution >= 4 is 11.9 Å². The number of ether oxygens (including phenoxy) is 1. The molecule has 1 saturated heterocycles. The van der Waals surface area contributed by atoms with Crippen molar-refractivity contribution in [2.75, 3.05) is 26.3 Å². The average molecular weight is 281 g/mol. The number of nitrogens with zero attached hydrogens (tertiary/aromatic N) is 1. The minimum Gasteiger partial charge on any atom is -0.481 e. The number of carboxylic acid groups (broad SMARTS) is 1. The molecule has 0 saturated carbocycles. The van der Waals surface area contributed by atoms with E-state index in [0.717, 1.165) is 13.0 Å². The van der Waals surface area contributed by atoms with Gasteiger partial charge in [-0.25, -0.2) is 0 Å². The zero-order valence-electron chi connectivity index (χ0n) is 12.0. The van der Waals surface area contributed by atoms with Gasteiger partial charge in [-0.2, -0.15) is 0 Å². The van der Waals surface area contributed by atoms with E-state index in [1.807, 2.05) is 19.1 Å². The van der Waals surface area contributed by atoms with Gasteiger partial charge in [0.1, 0.15) is 0 Å². The Morgan fingerprint density at radius 1 is 1.30 bits per heavy atom. The highest BCUT2D eigenvalue weighted by atomic mass is 16.5. The minimum absolute atomic E-state index is 0.0175. The maximum atomic E-state index is 12.6. The molecule has 1 aliphatic carbocycles. The van der Waals surface area contributed by atoms with Crippen molar-refractivity contribution in [3.05, 3.63) is 12.2 Å². The lowest BCUT2D eigenvalue weighted by Gasteiger charge is -2.31. The van der Waals surface area contributed by atoms with E-state index in [1.54, 1.807) is 4.90 Å². The molecule has 1 N–H and O–H groups in total. The summed E-state index contributed by atoms with van der Waals surface area (Å²) in [6.07, 6.45) is 5.76. The Balaban J connectivity index is 2.02. The van der Waals surface area contributed by atoms with Crippen LogP contribution in [0.5, 0.6) is 0 Å². The molecular weight excluding hydrogens is 258 g/mol. The fourth-order valence-corrected chi connectivity index (χ4v) is 3.01. The Hall–Kier alpha value is -1.36. The van der Waals surface area contributed by atoms with E-state index in [4.69, 9.17) is 4.74 Å². The molecule has 1 amide bonds. The van der Waals surface area contributed by atoms with Crippen LogP contribution in [0.2, 0.25) is 0 Å². The number of rotatable bonds is 5. The van der Waals surface area contributed by atoms with Crippen LogP contribution in [0.25, 0.3) is 0 Å². The van der Waals surface area contributed by atoms with Gasteiger partial charge >= 0.3 is 5.97 Å². The van der Waals surface area contributed by atoms with Gasteiger partial charge in [-0.15, -0.1) is 0 Å². The SMILES string of the molecule is CCN(CC1CCOC1)C(=O)[C@@H]1CC=CC[C@@H]1C(=O)O. The van der Waals surface area contributed by atoms with Crippen LogP contribution in [0.3, 0.4) is 0 Å². The van der Waals surface area contributed by atoms with Crippen LogP contribution in [-0.2, 0) is 14.3 Å². The summed E-state index contributed by atoms with van der Waals surface area (Å²) in [4.78, 5) is 25.7. The number of amides is 1. The quantitative estimate of drug-likeness (QED) is 0.776. The lowest BCUT2D eigenvalue weighted by atomic mass is 9.82. The summed E-state index contributed by atoms with van der Waals surface area (Å²) in [7, 11) is 0. The summed E-state index contributed by atoms with van der Waals surface area (Å²) in [6, 6.07) is 0. The molecule has 112 valence electrons. The van der Waals surface area contributed by atoms with Gasteiger partial charge < -0.3 is 14.7 Å². The van der Waals surface area contributed by atoms with Gasteiger partial charge in [-0.3, -0.25) is 9.59 Å². The monoisotopic (exact) mass is 281 g/mol. The Kier molecular flexibility index (Phi) is 5.17. The first-order valence-corrected chi connectivity index (χ1v) is 7.37. The third-order valence-corrected chi connectivity index (χ3v) is 4.26. The first kappa shape index (κ1) is 15.0. The van der Waals surface area contributed by atoms with Crippen LogP contribution in [0.4, 0.5) is 0 Å². The Morgan fingerprint density at radius 2 is 2.00 bits per heavy atom. The Bertz CT molecular complexity index is 387. The summed E-state index contributed by atoms with van der Waals surface area (Å²) < 4.78 is 5.34. The van der Waals surface area contributed by atoms with E-state index in [1.165, 1.54) is 0 Å². The van der Waals surface area contributed by atoms with Crippen LogP contribution in [0.1, 0.15) is 26.2 Å². The summed E-state index contributed by atoms with van der Waals surface area (Å²) in [5, 5.41) is 9.27. The molecule has 2 aliphatic rings. The van der Waals surface area contributed by atoms with Crippen LogP contribution in [-0.4, -0.2) is 48.2 Å². The lowest BCUT2D eigenvalue weighted by molar-refractivity contribution is -0.150. The van der Waals surface area contributed by atoms with Gasteiger partial charge in [-0.1, -0.05) is 12.2 Å². The maximum absolute atomic E-state index is 12.6. The molecule has 5 nitrogen and oxygen atoms in total. The predicted molar refractivity (Wildman–Crippen MR) is 74.2 cm³/mol. The van der Waals surface area contributed by atoms with Gasteiger partial charge in [0, 0.05) is 25.6 Å². The van der Waals surface area contributed by atoms with Crippen molar-refractivity contribution in [1.82, 2.24) is 4.90 Å². The predicted octanol–water partition coefficient (Wildman–Crippen LogP) is 1.54. The van der Waals surface area contributed by atoms with Gasteiger partial charge in [0.2, 0.25) is 5.91 Å².